The summed E-state index contributed by atoms with van der Waals surface area (Å²) in [6.07, 6.45) is 5.33. The molecule has 5 heteroatoms. The van der Waals surface area contributed by atoms with Crippen molar-refractivity contribution in [1.82, 2.24) is 14.5 Å². The second kappa shape index (κ2) is 7.58. The van der Waals surface area contributed by atoms with Gasteiger partial charge in [0, 0.05) is 32.0 Å². The molecule has 136 valence electrons. The average Bonchev–Trinajstić information content (AvgIpc) is 3.05. The van der Waals surface area contributed by atoms with E-state index >= 15 is 0 Å². The standard InChI is InChI=1S/C20H29N3O2/c1-4-23-12-9-21-19(23)14-22-10-7-20(24,8-11-22)15-25-18-6-5-16(2)17(3)13-18/h5-6,9,12-13,24H,4,7-8,10-11,14-15H2,1-3H3. The fraction of sp³-hybridized carbons (Fsp3) is 0.550. The Morgan fingerprint density at radius 2 is 1.96 bits per heavy atom. The first kappa shape index (κ1) is 18.0. The molecule has 2 heterocycles. The average molecular weight is 343 g/mol. The van der Waals surface area contributed by atoms with Crippen molar-refractivity contribution < 1.29 is 9.84 Å². The van der Waals surface area contributed by atoms with Gasteiger partial charge in [-0.05, 0) is 56.9 Å². The summed E-state index contributed by atoms with van der Waals surface area (Å²) in [6.45, 7) is 10.2. The number of hydrogen-bond donors (Lipinski definition) is 1. The van der Waals surface area contributed by atoms with Crippen LogP contribution in [0.2, 0.25) is 0 Å². The minimum Gasteiger partial charge on any atom is -0.491 e. The van der Waals surface area contributed by atoms with Gasteiger partial charge in [-0.2, -0.15) is 0 Å². The topological polar surface area (TPSA) is 50.5 Å². The highest BCUT2D eigenvalue weighted by molar-refractivity contribution is 5.33. The third-order valence-corrected chi connectivity index (χ3v) is 5.28. The van der Waals surface area contributed by atoms with Crippen molar-refractivity contribution in [2.24, 2.45) is 0 Å². The van der Waals surface area contributed by atoms with E-state index < -0.39 is 5.60 Å². The number of nitrogens with zero attached hydrogens (tertiary/aromatic N) is 3. The Kier molecular flexibility index (Phi) is 5.45. The van der Waals surface area contributed by atoms with Crippen molar-refractivity contribution in [3.8, 4) is 5.75 Å². The Labute approximate surface area is 150 Å². The molecule has 1 aromatic carbocycles. The van der Waals surface area contributed by atoms with Crippen molar-refractivity contribution in [1.29, 1.82) is 0 Å². The van der Waals surface area contributed by atoms with Crippen LogP contribution in [-0.2, 0) is 13.1 Å². The van der Waals surface area contributed by atoms with Gasteiger partial charge in [-0.15, -0.1) is 0 Å². The van der Waals surface area contributed by atoms with Crippen LogP contribution in [0.1, 0.15) is 36.7 Å². The van der Waals surface area contributed by atoms with Gasteiger partial charge in [0.2, 0.25) is 0 Å². The molecule has 0 radical (unpaired) electrons. The summed E-state index contributed by atoms with van der Waals surface area (Å²) in [7, 11) is 0. The normalized spacial score (nSPS) is 17.6. The molecule has 2 aromatic rings. The summed E-state index contributed by atoms with van der Waals surface area (Å²) in [4.78, 5) is 6.80. The van der Waals surface area contributed by atoms with E-state index in [-0.39, 0.29) is 0 Å². The molecule has 0 unspecified atom stereocenters. The number of imidazole rings is 1. The molecule has 1 fully saturated rings. The van der Waals surface area contributed by atoms with Gasteiger partial charge in [0.05, 0.1) is 6.54 Å². The van der Waals surface area contributed by atoms with E-state index in [0.717, 1.165) is 50.6 Å². The van der Waals surface area contributed by atoms with Crippen LogP contribution in [0.4, 0.5) is 0 Å². The summed E-state index contributed by atoms with van der Waals surface area (Å²) >= 11 is 0. The Morgan fingerprint density at radius 3 is 2.64 bits per heavy atom. The first-order valence-corrected chi connectivity index (χ1v) is 9.14. The zero-order chi connectivity index (χ0) is 17.9. The monoisotopic (exact) mass is 343 g/mol. The smallest absolute Gasteiger partial charge is 0.122 e. The molecule has 25 heavy (non-hydrogen) atoms. The Balaban J connectivity index is 1.51. The van der Waals surface area contributed by atoms with Gasteiger partial charge in [-0.1, -0.05) is 6.07 Å². The summed E-state index contributed by atoms with van der Waals surface area (Å²) in [5.41, 5.74) is 1.73. The maximum atomic E-state index is 10.8. The van der Waals surface area contributed by atoms with E-state index in [1.54, 1.807) is 0 Å². The van der Waals surface area contributed by atoms with E-state index in [1.165, 1.54) is 11.1 Å². The number of ether oxygens (including phenoxy) is 1. The number of piperidine rings is 1. The quantitative estimate of drug-likeness (QED) is 0.876. The van der Waals surface area contributed by atoms with Crippen molar-refractivity contribution >= 4 is 0 Å². The first-order chi connectivity index (χ1) is 12.0. The number of aliphatic hydroxyl groups is 1. The van der Waals surface area contributed by atoms with Crippen molar-refractivity contribution in [2.45, 2.75) is 52.3 Å². The van der Waals surface area contributed by atoms with Gasteiger partial charge in [0.15, 0.2) is 0 Å². The summed E-state index contributed by atoms with van der Waals surface area (Å²) in [5, 5.41) is 10.8. The molecule has 0 aliphatic carbocycles. The molecule has 0 spiro atoms. The number of rotatable bonds is 6. The molecule has 0 saturated carbocycles. The van der Waals surface area contributed by atoms with Crippen LogP contribution in [0.15, 0.2) is 30.6 Å². The van der Waals surface area contributed by atoms with Gasteiger partial charge in [-0.3, -0.25) is 4.90 Å². The van der Waals surface area contributed by atoms with Gasteiger partial charge >= 0.3 is 0 Å². The molecule has 1 aliphatic heterocycles. The summed E-state index contributed by atoms with van der Waals surface area (Å²) in [5.74, 6) is 1.93. The molecular formula is C20H29N3O2. The third-order valence-electron chi connectivity index (χ3n) is 5.28. The molecule has 0 bridgehead atoms. The minimum atomic E-state index is -0.741. The van der Waals surface area contributed by atoms with E-state index in [4.69, 9.17) is 4.74 Å². The molecule has 1 aliphatic rings. The Hall–Kier alpha value is -1.85. The number of likely N-dealkylation sites (tertiary alicyclic amines) is 1. The van der Waals surface area contributed by atoms with E-state index in [1.807, 2.05) is 24.5 Å². The minimum absolute atomic E-state index is 0.354. The Bertz CT molecular complexity index is 703. The van der Waals surface area contributed by atoms with Gasteiger partial charge in [0.1, 0.15) is 23.8 Å². The SMILES string of the molecule is CCn1ccnc1CN1CCC(O)(COc2ccc(C)c(C)c2)CC1. The lowest BCUT2D eigenvalue weighted by molar-refractivity contribution is -0.0542. The second-order valence-electron chi connectivity index (χ2n) is 7.16. The molecule has 1 N–H and O–H groups in total. The van der Waals surface area contributed by atoms with Crippen LogP contribution in [0.25, 0.3) is 0 Å². The van der Waals surface area contributed by atoms with E-state index in [2.05, 4.69) is 41.3 Å². The van der Waals surface area contributed by atoms with E-state index in [9.17, 15) is 5.11 Å². The highest BCUT2D eigenvalue weighted by atomic mass is 16.5. The van der Waals surface area contributed by atoms with Gasteiger partial charge in [-0.25, -0.2) is 4.98 Å². The Morgan fingerprint density at radius 1 is 1.20 bits per heavy atom. The lowest BCUT2D eigenvalue weighted by atomic mass is 9.92. The maximum Gasteiger partial charge on any atom is 0.122 e. The zero-order valence-electron chi connectivity index (χ0n) is 15.5. The predicted molar refractivity (Wildman–Crippen MR) is 98.8 cm³/mol. The van der Waals surface area contributed by atoms with Crippen molar-refractivity contribution in [3.63, 3.8) is 0 Å². The van der Waals surface area contributed by atoms with Gasteiger partial charge in [0.25, 0.3) is 0 Å². The van der Waals surface area contributed by atoms with Crippen LogP contribution < -0.4 is 4.74 Å². The molecule has 1 saturated heterocycles. The van der Waals surface area contributed by atoms with E-state index in [0.29, 0.717) is 6.61 Å². The predicted octanol–water partition coefficient (Wildman–Crippen LogP) is 2.93. The van der Waals surface area contributed by atoms with Crippen LogP contribution in [0, 0.1) is 13.8 Å². The number of benzene rings is 1. The highest BCUT2D eigenvalue weighted by Gasteiger charge is 2.33. The number of aromatic nitrogens is 2. The number of hydrogen-bond acceptors (Lipinski definition) is 4. The molecule has 0 amide bonds. The fourth-order valence-corrected chi connectivity index (χ4v) is 3.27. The zero-order valence-corrected chi connectivity index (χ0v) is 15.5. The van der Waals surface area contributed by atoms with Crippen molar-refractivity contribution in [2.75, 3.05) is 19.7 Å². The van der Waals surface area contributed by atoms with Crippen LogP contribution in [0.5, 0.6) is 5.75 Å². The highest BCUT2D eigenvalue weighted by Crippen LogP contribution is 2.25. The first-order valence-electron chi connectivity index (χ1n) is 9.14. The van der Waals surface area contributed by atoms with Crippen LogP contribution >= 0.6 is 0 Å². The van der Waals surface area contributed by atoms with Crippen molar-refractivity contribution in [3.05, 3.63) is 47.5 Å². The lowest BCUT2D eigenvalue weighted by Crippen LogP contribution is -2.47. The molecule has 0 atom stereocenters. The largest absolute Gasteiger partial charge is 0.491 e. The fourth-order valence-electron chi connectivity index (χ4n) is 3.27. The second-order valence-corrected chi connectivity index (χ2v) is 7.16. The summed E-state index contributed by atoms with van der Waals surface area (Å²) in [6, 6.07) is 6.08. The maximum absolute atomic E-state index is 10.8. The third kappa shape index (κ3) is 4.41. The molecule has 3 rings (SSSR count). The molecular weight excluding hydrogens is 314 g/mol. The molecule has 5 nitrogen and oxygen atoms in total. The van der Waals surface area contributed by atoms with Gasteiger partial charge < -0.3 is 14.4 Å². The van der Waals surface area contributed by atoms with Crippen LogP contribution in [0.3, 0.4) is 0 Å². The number of aryl methyl sites for hydroxylation is 3. The summed E-state index contributed by atoms with van der Waals surface area (Å²) < 4.78 is 8.05. The molecule has 1 aromatic heterocycles. The van der Waals surface area contributed by atoms with Crippen LogP contribution in [-0.4, -0.2) is 44.9 Å². The lowest BCUT2D eigenvalue weighted by Gasteiger charge is -2.37.